The van der Waals surface area contributed by atoms with E-state index in [1.807, 2.05) is 0 Å². The van der Waals surface area contributed by atoms with E-state index in [0.29, 0.717) is 13.2 Å². The number of carbonyl (C=O) groups excluding carboxylic acids is 2. The zero-order valence-corrected chi connectivity index (χ0v) is 21.3. The fraction of sp³-hybridized carbons (Fsp3) is 0.929. The lowest BCUT2D eigenvalue weighted by molar-refractivity contribution is -0.164. The Morgan fingerprint density at radius 3 is 1.70 bits per heavy atom. The molecule has 5 heteroatoms. The van der Waals surface area contributed by atoms with E-state index in [2.05, 4.69) is 6.92 Å². The molecule has 1 aliphatic heterocycles. The molecular weight excluding hydrogens is 416 g/mol. The van der Waals surface area contributed by atoms with Crippen molar-refractivity contribution in [3.63, 3.8) is 0 Å². The molecular formula is C28H50O5. The molecule has 2 aliphatic rings. The molecule has 1 aliphatic carbocycles. The second kappa shape index (κ2) is 18.3. The Kier molecular flexibility index (Phi) is 15.6. The van der Waals surface area contributed by atoms with Crippen LogP contribution in [-0.4, -0.2) is 37.9 Å². The molecule has 5 nitrogen and oxygen atoms in total. The molecule has 0 bridgehead atoms. The van der Waals surface area contributed by atoms with Crippen LogP contribution in [0.15, 0.2) is 0 Å². The minimum atomic E-state index is -0.348. The van der Waals surface area contributed by atoms with E-state index in [1.165, 1.54) is 70.6 Å². The zero-order chi connectivity index (χ0) is 23.6. The summed E-state index contributed by atoms with van der Waals surface area (Å²) in [7, 11) is 0. The number of hydrogen-bond donors (Lipinski definition) is 0. The SMILES string of the molecule is CCCCCCCCCCCCCCCOC(=O)C1CCCCC1C(=O)OCC1CCCO1. The van der Waals surface area contributed by atoms with Gasteiger partial charge < -0.3 is 14.2 Å². The fourth-order valence-corrected chi connectivity index (χ4v) is 5.15. The third kappa shape index (κ3) is 12.2. The minimum Gasteiger partial charge on any atom is -0.465 e. The van der Waals surface area contributed by atoms with Gasteiger partial charge in [0.2, 0.25) is 0 Å². The molecule has 2 rings (SSSR count). The van der Waals surface area contributed by atoms with Crippen LogP contribution in [0.2, 0.25) is 0 Å². The van der Waals surface area contributed by atoms with E-state index in [4.69, 9.17) is 14.2 Å². The quantitative estimate of drug-likeness (QED) is 0.158. The molecule has 33 heavy (non-hydrogen) atoms. The smallest absolute Gasteiger partial charge is 0.309 e. The van der Waals surface area contributed by atoms with E-state index < -0.39 is 0 Å². The van der Waals surface area contributed by atoms with Crippen LogP contribution in [-0.2, 0) is 23.8 Å². The van der Waals surface area contributed by atoms with Gasteiger partial charge in [0.25, 0.3) is 0 Å². The predicted molar refractivity (Wildman–Crippen MR) is 132 cm³/mol. The van der Waals surface area contributed by atoms with E-state index in [1.54, 1.807) is 0 Å². The van der Waals surface area contributed by atoms with Crippen LogP contribution in [0, 0.1) is 11.8 Å². The van der Waals surface area contributed by atoms with Crippen molar-refractivity contribution in [2.45, 2.75) is 135 Å². The van der Waals surface area contributed by atoms with Gasteiger partial charge in [-0.25, -0.2) is 0 Å². The summed E-state index contributed by atoms with van der Waals surface area (Å²) in [6.45, 7) is 3.81. The molecule has 0 aromatic heterocycles. The van der Waals surface area contributed by atoms with Crippen molar-refractivity contribution in [3.8, 4) is 0 Å². The van der Waals surface area contributed by atoms with Gasteiger partial charge in [-0.2, -0.15) is 0 Å². The lowest BCUT2D eigenvalue weighted by Gasteiger charge is -2.28. The summed E-state index contributed by atoms with van der Waals surface area (Å²) in [5.41, 5.74) is 0. The number of hydrogen-bond acceptors (Lipinski definition) is 5. The third-order valence-electron chi connectivity index (χ3n) is 7.30. The first kappa shape index (κ1) is 28.1. The lowest BCUT2D eigenvalue weighted by Crippen LogP contribution is -2.36. The Balaban J connectivity index is 1.47. The molecule has 3 atom stereocenters. The first-order valence-corrected chi connectivity index (χ1v) is 14.2. The van der Waals surface area contributed by atoms with Gasteiger partial charge in [0, 0.05) is 6.61 Å². The fourth-order valence-electron chi connectivity index (χ4n) is 5.15. The predicted octanol–water partition coefficient (Wildman–Crippen LogP) is 7.15. The normalized spacial score (nSPS) is 22.9. The van der Waals surface area contributed by atoms with Crippen molar-refractivity contribution in [1.29, 1.82) is 0 Å². The van der Waals surface area contributed by atoms with Gasteiger partial charge >= 0.3 is 11.9 Å². The molecule has 0 amide bonds. The van der Waals surface area contributed by atoms with Crippen LogP contribution in [0.1, 0.15) is 129 Å². The Hall–Kier alpha value is -1.10. The van der Waals surface area contributed by atoms with Gasteiger partial charge in [0.1, 0.15) is 6.61 Å². The lowest BCUT2D eigenvalue weighted by atomic mass is 9.79. The Morgan fingerprint density at radius 1 is 0.667 bits per heavy atom. The van der Waals surface area contributed by atoms with Gasteiger partial charge in [0.05, 0.1) is 24.5 Å². The van der Waals surface area contributed by atoms with Crippen molar-refractivity contribution in [2.24, 2.45) is 11.8 Å². The van der Waals surface area contributed by atoms with Crippen LogP contribution in [0.5, 0.6) is 0 Å². The average molecular weight is 467 g/mol. The first-order chi connectivity index (χ1) is 16.2. The zero-order valence-electron chi connectivity index (χ0n) is 21.3. The highest BCUT2D eigenvalue weighted by Gasteiger charge is 2.38. The van der Waals surface area contributed by atoms with Gasteiger partial charge in [0.15, 0.2) is 0 Å². The molecule has 1 saturated carbocycles. The number of carbonyl (C=O) groups is 2. The second-order valence-electron chi connectivity index (χ2n) is 10.2. The molecule has 192 valence electrons. The van der Waals surface area contributed by atoms with Crippen LogP contribution in [0.3, 0.4) is 0 Å². The van der Waals surface area contributed by atoms with Crippen molar-refractivity contribution in [1.82, 2.24) is 0 Å². The maximum Gasteiger partial charge on any atom is 0.309 e. The highest BCUT2D eigenvalue weighted by Crippen LogP contribution is 2.32. The first-order valence-electron chi connectivity index (χ1n) is 14.2. The van der Waals surface area contributed by atoms with Crippen molar-refractivity contribution >= 4 is 11.9 Å². The van der Waals surface area contributed by atoms with Crippen molar-refractivity contribution < 1.29 is 23.8 Å². The van der Waals surface area contributed by atoms with E-state index in [9.17, 15) is 9.59 Å². The molecule has 0 radical (unpaired) electrons. The number of unbranched alkanes of at least 4 members (excludes halogenated alkanes) is 12. The summed E-state index contributed by atoms with van der Waals surface area (Å²) >= 11 is 0. The van der Waals surface area contributed by atoms with Gasteiger partial charge in [-0.1, -0.05) is 96.8 Å². The van der Waals surface area contributed by atoms with Gasteiger partial charge in [-0.15, -0.1) is 0 Å². The molecule has 3 unspecified atom stereocenters. The van der Waals surface area contributed by atoms with Gasteiger partial charge in [-0.05, 0) is 32.1 Å². The summed E-state index contributed by atoms with van der Waals surface area (Å²) < 4.78 is 16.6. The molecule has 0 spiro atoms. The summed E-state index contributed by atoms with van der Waals surface area (Å²) in [5, 5.41) is 0. The third-order valence-corrected chi connectivity index (χ3v) is 7.30. The highest BCUT2D eigenvalue weighted by molar-refractivity contribution is 5.82. The molecule has 0 N–H and O–H groups in total. The number of ether oxygens (including phenoxy) is 3. The van der Waals surface area contributed by atoms with Crippen LogP contribution >= 0.6 is 0 Å². The molecule has 0 aromatic carbocycles. The molecule has 1 saturated heterocycles. The topological polar surface area (TPSA) is 61.8 Å². The maximum atomic E-state index is 12.6. The van der Waals surface area contributed by atoms with Gasteiger partial charge in [-0.3, -0.25) is 9.59 Å². The largest absolute Gasteiger partial charge is 0.465 e. The van der Waals surface area contributed by atoms with Crippen molar-refractivity contribution in [2.75, 3.05) is 19.8 Å². The monoisotopic (exact) mass is 466 g/mol. The van der Waals surface area contributed by atoms with E-state index >= 15 is 0 Å². The van der Waals surface area contributed by atoms with Crippen LogP contribution < -0.4 is 0 Å². The van der Waals surface area contributed by atoms with Crippen LogP contribution in [0.25, 0.3) is 0 Å². The Morgan fingerprint density at radius 2 is 1.18 bits per heavy atom. The van der Waals surface area contributed by atoms with Crippen LogP contribution in [0.4, 0.5) is 0 Å². The number of esters is 2. The molecule has 1 heterocycles. The second-order valence-corrected chi connectivity index (χ2v) is 10.2. The molecule has 0 aromatic rings. The Labute approximate surface area is 202 Å². The van der Waals surface area contributed by atoms with E-state index in [-0.39, 0.29) is 29.9 Å². The van der Waals surface area contributed by atoms with Crippen molar-refractivity contribution in [3.05, 3.63) is 0 Å². The van der Waals surface area contributed by atoms with E-state index in [0.717, 1.165) is 58.0 Å². The average Bonchev–Trinajstić information content (AvgIpc) is 3.36. The molecule has 2 fully saturated rings. The number of rotatable bonds is 18. The Bertz CT molecular complexity index is 514. The summed E-state index contributed by atoms with van der Waals surface area (Å²) in [5.74, 6) is -1.13. The summed E-state index contributed by atoms with van der Waals surface area (Å²) in [6, 6.07) is 0. The minimum absolute atomic E-state index is 0.0264. The summed E-state index contributed by atoms with van der Waals surface area (Å²) in [6.07, 6.45) is 22.3. The maximum absolute atomic E-state index is 12.6. The standard InChI is InChI=1S/C28H50O5/c1-2-3-4-5-6-7-8-9-10-11-12-13-16-21-32-27(29)25-19-14-15-20-26(25)28(30)33-23-24-18-17-22-31-24/h24-26H,2-23H2,1H3. The highest BCUT2D eigenvalue weighted by atomic mass is 16.6. The summed E-state index contributed by atoms with van der Waals surface area (Å²) in [4.78, 5) is 25.2.